The van der Waals surface area contributed by atoms with Crippen LogP contribution >= 0.6 is 0 Å². The van der Waals surface area contributed by atoms with E-state index in [1.54, 1.807) is 12.3 Å². The Kier molecular flexibility index (Phi) is 1.60. The van der Waals surface area contributed by atoms with E-state index < -0.39 is 0 Å². The molecule has 2 rings (SSSR count). The van der Waals surface area contributed by atoms with Crippen LogP contribution in [0.25, 0.3) is 10.8 Å². The van der Waals surface area contributed by atoms with Crippen LogP contribution in [0.15, 0.2) is 30.5 Å². The third-order valence-electron chi connectivity index (χ3n) is 1.91. The summed E-state index contributed by atoms with van der Waals surface area (Å²) in [5, 5.41) is 10.5. The van der Waals surface area contributed by atoms with E-state index in [9.17, 15) is 0 Å². The van der Waals surface area contributed by atoms with Gasteiger partial charge in [0, 0.05) is 22.7 Å². The van der Waals surface area contributed by atoms with Crippen LogP contribution in [0.3, 0.4) is 0 Å². The van der Waals surface area contributed by atoms with E-state index in [1.165, 1.54) is 0 Å². The lowest BCUT2D eigenvalue weighted by Gasteiger charge is -2.00. The molecule has 2 N–H and O–H groups in total. The highest BCUT2D eigenvalue weighted by Crippen LogP contribution is 2.19. The van der Waals surface area contributed by atoms with Gasteiger partial charge >= 0.3 is 0 Å². The van der Waals surface area contributed by atoms with Crippen LogP contribution in [0.1, 0.15) is 5.69 Å². The molecule has 0 saturated carbocycles. The van der Waals surface area contributed by atoms with Gasteiger partial charge in [-0.3, -0.25) is 0 Å². The van der Waals surface area contributed by atoms with E-state index in [0.29, 0.717) is 11.4 Å². The summed E-state index contributed by atoms with van der Waals surface area (Å²) in [5.41, 5.74) is 6.81. The van der Waals surface area contributed by atoms with Crippen molar-refractivity contribution in [2.75, 3.05) is 5.73 Å². The quantitative estimate of drug-likeness (QED) is 0.610. The molecule has 0 saturated heterocycles. The fraction of sp³-hybridized carbons (Fsp3) is 0. The molecule has 13 heavy (non-hydrogen) atoms. The minimum Gasteiger partial charge on any atom is -0.398 e. The van der Waals surface area contributed by atoms with Gasteiger partial charge in [0.1, 0.15) is 11.8 Å². The van der Waals surface area contributed by atoms with E-state index in [2.05, 4.69) is 4.98 Å². The van der Waals surface area contributed by atoms with E-state index in [1.807, 2.05) is 24.3 Å². The predicted octanol–water partition coefficient (Wildman–Crippen LogP) is 1.69. The molecule has 1 heterocycles. The van der Waals surface area contributed by atoms with Gasteiger partial charge in [-0.15, -0.1) is 0 Å². The Morgan fingerprint density at radius 3 is 3.00 bits per heavy atom. The van der Waals surface area contributed by atoms with Crippen LogP contribution in [0.4, 0.5) is 5.69 Å². The van der Waals surface area contributed by atoms with E-state index in [0.717, 1.165) is 10.8 Å². The molecular weight excluding hydrogens is 162 g/mol. The second-order valence-corrected chi connectivity index (χ2v) is 2.75. The number of pyridine rings is 1. The molecule has 0 amide bonds. The van der Waals surface area contributed by atoms with Crippen molar-refractivity contribution in [3.63, 3.8) is 0 Å². The summed E-state index contributed by atoms with van der Waals surface area (Å²) in [4.78, 5) is 3.95. The minimum absolute atomic E-state index is 0.394. The van der Waals surface area contributed by atoms with Gasteiger partial charge in [-0.1, -0.05) is 12.1 Å². The Bertz CT molecular complexity index is 497. The molecule has 0 atom stereocenters. The average molecular weight is 169 g/mol. The lowest BCUT2D eigenvalue weighted by molar-refractivity contribution is 1.29. The average Bonchev–Trinajstić information content (AvgIpc) is 2.18. The number of nitrogens with two attached hydrogens (primary N) is 1. The first-order chi connectivity index (χ1) is 6.31. The minimum atomic E-state index is 0.394. The molecule has 2 aromatic rings. The van der Waals surface area contributed by atoms with Crippen LogP contribution in [0.2, 0.25) is 0 Å². The third-order valence-corrected chi connectivity index (χ3v) is 1.91. The molecule has 62 valence electrons. The molecule has 1 aromatic heterocycles. The van der Waals surface area contributed by atoms with Gasteiger partial charge in [0.05, 0.1) is 0 Å². The van der Waals surface area contributed by atoms with Crippen molar-refractivity contribution >= 4 is 16.5 Å². The predicted molar refractivity (Wildman–Crippen MR) is 50.9 cm³/mol. The number of hydrogen-bond acceptors (Lipinski definition) is 3. The van der Waals surface area contributed by atoms with E-state index in [-0.39, 0.29) is 0 Å². The van der Waals surface area contributed by atoms with Gasteiger partial charge in [-0.25, -0.2) is 4.98 Å². The van der Waals surface area contributed by atoms with Crippen LogP contribution in [-0.4, -0.2) is 4.98 Å². The second-order valence-electron chi connectivity index (χ2n) is 2.75. The van der Waals surface area contributed by atoms with Gasteiger partial charge in [-0.05, 0) is 12.1 Å². The van der Waals surface area contributed by atoms with Gasteiger partial charge in [0.25, 0.3) is 0 Å². The maximum Gasteiger partial charge on any atom is 0.141 e. The number of anilines is 1. The number of aromatic nitrogens is 1. The molecule has 0 spiro atoms. The van der Waals surface area contributed by atoms with Crippen molar-refractivity contribution in [3.05, 3.63) is 36.2 Å². The van der Waals surface area contributed by atoms with Gasteiger partial charge in [0.2, 0.25) is 0 Å². The molecule has 3 heteroatoms. The molecule has 0 bridgehead atoms. The Hall–Kier alpha value is -2.08. The lowest BCUT2D eigenvalue weighted by atomic mass is 10.1. The highest BCUT2D eigenvalue weighted by atomic mass is 14.7. The first-order valence-corrected chi connectivity index (χ1v) is 3.85. The molecule has 3 nitrogen and oxygen atoms in total. The highest BCUT2D eigenvalue weighted by Gasteiger charge is 1.99. The summed E-state index contributed by atoms with van der Waals surface area (Å²) < 4.78 is 0. The van der Waals surface area contributed by atoms with Gasteiger partial charge in [-0.2, -0.15) is 5.26 Å². The molecule has 0 fully saturated rings. The van der Waals surface area contributed by atoms with Crippen molar-refractivity contribution in [1.29, 1.82) is 5.26 Å². The fourth-order valence-electron chi connectivity index (χ4n) is 1.26. The van der Waals surface area contributed by atoms with Crippen LogP contribution < -0.4 is 5.73 Å². The Morgan fingerprint density at radius 2 is 2.23 bits per heavy atom. The zero-order chi connectivity index (χ0) is 9.26. The number of fused-ring (bicyclic) bond motifs is 1. The van der Waals surface area contributed by atoms with Crippen LogP contribution in [-0.2, 0) is 0 Å². The van der Waals surface area contributed by atoms with Crippen molar-refractivity contribution < 1.29 is 0 Å². The molecule has 0 radical (unpaired) electrons. The number of nitriles is 1. The molecule has 0 aliphatic rings. The molecule has 1 aromatic carbocycles. The Morgan fingerprint density at radius 1 is 1.38 bits per heavy atom. The molecular formula is C10H7N3. The third kappa shape index (κ3) is 1.18. The molecule has 0 unspecified atom stereocenters. The van der Waals surface area contributed by atoms with E-state index in [4.69, 9.17) is 11.0 Å². The monoisotopic (exact) mass is 169 g/mol. The Balaban J connectivity index is 2.84. The second kappa shape index (κ2) is 2.76. The lowest BCUT2D eigenvalue weighted by Crippen LogP contribution is -1.88. The normalized spacial score (nSPS) is 9.77. The maximum atomic E-state index is 8.63. The summed E-state index contributed by atoms with van der Waals surface area (Å²) in [5.74, 6) is 0. The van der Waals surface area contributed by atoms with Crippen molar-refractivity contribution in [2.45, 2.75) is 0 Å². The van der Waals surface area contributed by atoms with Crippen molar-refractivity contribution in [1.82, 2.24) is 4.98 Å². The first-order valence-electron chi connectivity index (χ1n) is 3.85. The van der Waals surface area contributed by atoms with Crippen LogP contribution in [0.5, 0.6) is 0 Å². The molecule has 0 aliphatic heterocycles. The van der Waals surface area contributed by atoms with Crippen molar-refractivity contribution in [2.24, 2.45) is 0 Å². The number of hydrogen-bond donors (Lipinski definition) is 1. The summed E-state index contributed by atoms with van der Waals surface area (Å²) in [7, 11) is 0. The zero-order valence-corrected chi connectivity index (χ0v) is 6.86. The first kappa shape index (κ1) is 7.56. The topological polar surface area (TPSA) is 62.7 Å². The van der Waals surface area contributed by atoms with Crippen LogP contribution in [0, 0.1) is 11.3 Å². The molecule has 0 aliphatic carbocycles. The zero-order valence-electron chi connectivity index (χ0n) is 6.86. The van der Waals surface area contributed by atoms with Gasteiger partial charge in [0.15, 0.2) is 0 Å². The summed E-state index contributed by atoms with van der Waals surface area (Å²) in [6.07, 6.45) is 1.66. The fourth-order valence-corrected chi connectivity index (χ4v) is 1.26. The summed E-state index contributed by atoms with van der Waals surface area (Å²) in [6.45, 7) is 0. The number of nitrogens with zero attached hydrogens (tertiary/aromatic N) is 2. The maximum absolute atomic E-state index is 8.63. The summed E-state index contributed by atoms with van der Waals surface area (Å²) in [6, 6.07) is 9.27. The standard InChI is InChI=1S/C10H7N3/c11-5-8-4-9-7(6-13-8)2-1-3-10(9)12/h1-4,6H,12H2. The largest absolute Gasteiger partial charge is 0.398 e. The summed E-state index contributed by atoms with van der Waals surface area (Å²) >= 11 is 0. The smallest absolute Gasteiger partial charge is 0.141 e. The van der Waals surface area contributed by atoms with E-state index >= 15 is 0 Å². The highest BCUT2D eigenvalue weighted by molar-refractivity contribution is 5.92. The number of benzene rings is 1. The number of rotatable bonds is 0. The van der Waals surface area contributed by atoms with Crippen molar-refractivity contribution in [3.8, 4) is 6.07 Å². The number of nitrogen functional groups attached to an aromatic ring is 1. The SMILES string of the molecule is N#Cc1cc2c(N)cccc2cn1. The van der Waals surface area contributed by atoms with Gasteiger partial charge < -0.3 is 5.73 Å². The Labute approximate surface area is 75.4 Å².